The molecule has 3 aromatic rings. The van der Waals surface area contributed by atoms with Gasteiger partial charge >= 0.3 is 5.97 Å². The molecule has 0 unspecified atom stereocenters. The van der Waals surface area contributed by atoms with Crippen molar-refractivity contribution in [1.29, 1.82) is 0 Å². The zero-order valence-electron chi connectivity index (χ0n) is 10.3. The Bertz CT molecular complexity index is 744. The molecule has 0 aromatic carbocycles. The Kier molecular flexibility index (Phi) is 2.83. The highest BCUT2D eigenvalue weighted by Gasteiger charge is 2.17. The molecule has 96 valence electrons. The van der Waals surface area contributed by atoms with Crippen molar-refractivity contribution in [3.05, 3.63) is 47.1 Å². The van der Waals surface area contributed by atoms with Crippen LogP contribution in [0.2, 0.25) is 0 Å². The maximum atomic E-state index is 11.1. The van der Waals surface area contributed by atoms with Crippen molar-refractivity contribution in [2.45, 2.75) is 13.3 Å². The summed E-state index contributed by atoms with van der Waals surface area (Å²) in [6.45, 7) is 1.98. The van der Waals surface area contributed by atoms with Crippen molar-refractivity contribution in [2.75, 3.05) is 0 Å². The minimum absolute atomic E-state index is 0.0299. The number of pyridine rings is 1. The predicted molar refractivity (Wildman–Crippen MR) is 74.6 cm³/mol. The van der Waals surface area contributed by atoms with Crippen LogP contribution in [0.3, 0.4) is 0 Å². The van der Waals surface area contributed by atoms with Crippen molar-refractivity contribution < 1.29 is 9.90 Å². The minimum Gasteiger partial charge on any atom is -0.481 e. The van der Waals surface area contributed by atoms with Gasteiger partial charge in [0, 0.05) is 6.20 Å². The number of hydrogen-bond acceptors (Lipinski definition) is 3. The second-order valence-electron chi connectivity index (χ2n) is 4.34. The van der Waals surface area contributed by atoms with E-state index in [9.17, 15) is 4.79 Å². The zero-order chi connectivity index (χ0) is 13.4. The van der Waals surface area contributed by atoms with Gasteiger partial charge in [0.05, 0.1) is 17.0 Å². The number of imidazole rings is 1. The molecule has 0 fully saturated rings. The molecule has 0 bridgehead atoms. The normalized spacial score (nSPS) is 11.0. The third kappa shape index (κ3) is 2.02. The SMILES string of the molecule is Cc1cccn2c(CC(=O)O)c(-c3cccs3)nc12. The summed E-state index contributed by atoms with van der Waals surface area (Å²) in [6.07, 6.45) is 1.84. The van der Waals surface area contributed by atoms with Crippen LogP contribution in [0.4, 0.5) is 0 Å². The number of carboxylic acids is 1. The number of carboxylic acid groups (broad SMARTS) is 1. The van der Waals surface area contributed by atoms with E-state index < -0.39 is 5.97 Å². The Morgan fingerprint density at radius 2 is 2.26 bits per heavy atom. The van der Waals surface area contributed by atoms with Crippen LogP contribution in [-0.2, 0) is 11.2 Å². The summed E-state index contributed by atoms with van der Waals surface area (Å²) in [6, 6.07) is 7.80. The fourth-order valence-corrected chi connectivity index (χ4v) is 2.91. The second-order valence-corrected chi connectivity index (χ2v) is 5.29. The number of rotatable bonds is 3. The monoisotopic (exact) mass is 272 g/mol. The van der Waals surface area contributed by atoms with Crippen LogP contribution < -0.4 is 0 Å². The lowest BCUT2D eigenvalue weighted by atomic mass is 10.2. The fraction of sp³-hybridized carbons (Fsp3) is 0.143. The van der Waals surface area contributed by atoms with Crippen molar-refractivity contribution >= 4 is 23.0 Å². The van der Waals surface area contributed by atoms with Gasteiger partial charge in [-0.2, -0.15) is 0 Å². The zero-order valence-corrected chi connectivity index (χ0v) is 11.1. The number of aromatic nitrogens is 2. The molecule has 3 rings (SSSR count). The first-order valence-corrected chi connectivity index (χ1v) is 6.77. The first kappa shape index (κ1) is 11.9. The summed E-state index contributed by atoms with van der Waals surface area (Å²) < 4.78 is 1.87. The molecular weight excluding hydrogens is 260 g/mol. The van der Waals surface area contributed by atoms with E-state index in [1.54, 1.807) is 11.3 Å². The topological polar surface area (TPSA) is 54.6 Å². The predicted octanol–water partition coefficient (Wildman–Crippen LogP) is 3.00. The summed E-state index contributed by atoms with van der Waals surface area (Å²) in [5.74, 6) is -0.846. The summed E-state index contributed by atoms with van der Waals surface area (Å²) >= 11 is 1.57. The van der Waals surface area contributed by atoms with Gasteiger partial charge in [0.15, 0.2) is 0 Å². The molecule has 19 heavy (non-hydrogen) atoms. The van der Waals surface area contributed by atoms with Crippen LogP contribution in [-0.4, -0.2) is 20.5 Å². The minimum atomic E-state index is -0.846. The molecule has 0 aliphatic carbocycles. The van der Waals surface area contributed by atoms with Crippen LogP contribution in [0.25, 0.3) is 16.2 Å². The molecule has 5 heteroatoms. The van der Waals surface area contributed by atoms with Crippen molar-refractivity contribution in [3.63, 3.8) is 0 Å². The van der Waals surface area contributed by atoms with Gasteiger partial charge in [0.1, 0.15) is 11.3 Å². The van der Waals surface area contributed by atoms with Crippen molar-refractivity contribution in [3.8, 4) is 10.6 Å². The number of aryl methyl sites for hydroxylation is 1. The Hall–Kier alpha value is -2.14. The molecule has 0 spiro atoms. The van der Waals surface area contributed by atoms with Gasteiger partial charge in [-0.15, -0.1) is 11.3 Å². The smallest absolute Gasteiger partial charge is 0.309 e. The lowest BCUT2D eigenvalue weighted by Crippen LogP contribution is -2.04. The van der Waals surface area contributed by atoms with Crippen molar-refractivity contribution in [1.82, 2.24) is 9.38 Å². The first-order valence-electron chi connectivity index (χ1n) is 5.89. The van der Waals surface area contributed by atoms with Gasteiger partial charge in [-0.3, -0.25) is 4.79 Å². The molecule has 0 atom stereocenters. The van der Waals surface area contributed by atoms with Crippen LogP contribution in [0.1, 0.15) is 11.3 Å². The molecule has 0 saturated heterocycles. The largest absolute Gasteiger partial charge is 0.481 e. The number of fused-ring (bicyclic) bond motifs is 1. The fourth-order valence-electron chi connectivity index (χ4n) is 2.18. The molecule has 0 aliphatic rings. The van der Waals surface area contributed by atoms with E-state index in [4.69, 9.17) is 5.11 Å². The molecule has 0 amide bonds. The van der Waals surface area contributed by atoms with Gasteiger partial charge in [0.2, 0.25) is 0 Å². The van der Waals surface area contributed by atoms with Gasteiger partial charge in [0.25, 0.3) is 0 Å². The summed E-state index contributed by atoms with van der Waals surface area (Å²) in [5, 5.41) is 11.1. The van der Waals surface area contributed by atoms with Gasteiger partial charge in [-0.05, 0) is 30.0 Å². The lowest BCUT2D eigenvalue weighted by molar-refractivity contribution is -0.136. The highest BCUT2D eigenvalue weighted by molar-refractivity contribution is 7.13. The van der Waals surface area contributed by atoms with E-state index in [2.05, 4.69) is 4.98 Å². The van der Waals surface area contributed by atoms with E-state index in [1.165, 1.54) is 0 Å². The molecule has 4 nitrogen and oxygen atoms in total. The van der Waals surface area contributed by atoms with Crippen LogP contribution in [0.15, 0.2) is 35.8 Å². The van der Waals surface area contributed by atoms with Crippen LogP contribution >= 0.6 is 11.3 Å². The van der Waals surface area contributed by atoms with Crippen LogP contribution in [0, 0.1) is 6.92 Å². The second kappa shape index (κ2) is 4.51. The molecule has 0 aliphatic heterocycles. The quantitative estimate of drug-likeness (QED) is 0.797. The Labute approximate surface area is 114 Å². The lowest BCUT2D eigenvalue weighted by Gasteiger charge is -2.01. The Morgan fingerprint density at radius 1 is 1.42 bits per heavy atom. The maximum Gasteiger partial charge on any atom is 0.309 e. The third-order valence-electron chi connectivity index (χ3n) is 3.02. The summed E-state index contributed by atoms with van der Waals surface area (Å²) in [5.41, 5.74) is 3.36. The van der Waals surface area contributed by atoms with E-state index in [1.807, 2.05) is 47.2 Å². The summed E-state index contributed by atoms with van der Waals surface area (Å²) in [4.78, 5) is 16.7. The van der Waals surface area contributed by atoms with Crippen molar-refractivity contribution in [2.24, 2.45) is 0 Å². The Morgan fingerprint density at radius 3 is 2.95 bits per heavy atom. The van der Waals surface area contributed by atoms with Gasteiger partial charge in [-0.1, -0.05) is 12.1 Å². The average Bonchev–Trinajstić information content (AvgIpc) is 2.97. The average molecular weight is 272 g/mol. The number of carbonyl (C=O) groups is 1. The molecule has 0 saturated carbocycles. The van der Waals surface area contributed by atoms with Gasteiger partial charge < -0.3 is 9.51 Å². The molecule has 0 radical (unpaired) electrons. The number of thiophene rings is 1. The number of hydrogen-bond donors (Lipinski definition) is 1. The van der Waals surface area contributed by atoms with Gasteiger partial charge in [-0.25, -0.2) is 4.98 Å². The highest BCUT2D eigenvalue weighted by atomic mass is 32.1. The van der Waals surface area contributed by atoms with E-state index >= 15 is 0 Å². The molecular formula is C14H12N2O2S. The molecule has 3 aromatic heterocycles. The first-order chi connectivity index (χ1) is 9.16. The number of nitrogens with zero attached hydrogens (tertiary/aromatic N) is 2. The van der Waals surface area contributed by atoms with Crippen LogP contribution in [0.5, 0.6) is 0 Å². The Balaban J connectivity index is 2.31. The molecule has 3 heterocycles. The number of aliphatic carboxylic acids is 1. The molecule has 1 N–H and O–H groups in total. The van der Waals surface area contributed by atoms with E-state index in [0.717, 1.165) is 27.5 Å². The van der Waals surface area contributed by atoms with E-state index in [-0.39, 0.29) is 6.42 Å². The highest BCUT2D eigenvalue weighted by Crippen LogP contribution is 2.29. The standard InChI is InChI=1S/C14H12N2O2S/c1-9-4-2-6-16-10(8-12(17)18)13(15-14(9)16)11-5-3-7-19-11/h2-7H,8H2,1H3,(H,17,18). The summed E-state index contributed by atoms with van der Waals surface area (Å²) in [7, 11) is 0. The van der Waals surface area contributed by atoms with E-state index in [0.29, 0.717) is 0 Å². The maximum absolute atomic E-state index is 11.1. The third-order valence-corrected chi connectivity index (χ3v) is 3.89.